The molecule has 0 saturated carbocycles. The van der Waals surface area contributed by atoms with Crippen molar-refractivity contribution in [1.82, 2.24) is 9.55 Å². The molecule has 4 aromatic rings. The molecule has 122 valence electrons. The topological polar surface area (TPSA) is 24.6 Å². The predicted molar refractivity (Wildman–Crippen MR) is 92.8 cm³/mol. The Morgan fingerprint density at radius 1 is 1.04 bits per heavy atom. The highest BCUT2D eigenvalue weighted by atomic mass is 79.9. The van der Waals surface area contributed by atoms with Crippen molar-refractivity contribution < 1.29 is 21.5 Å². The zero-order valence-electron chi connectivity index (χ0n) is 13.8. The summed E-state index contributed by atoms with van der Waals surface area (Å²) in [6.45, 7) is 5.18. The van der Waals surface area contributed by atoms with Crippen molar-refractivity contribution in [3.8, 4) is 5.82 Å². The highest BCUT2D eigenvalue weighted by Crippen LogP contribution is 2.23. The van der Waals surface area contributed by atoms with E-state index in [4.69, 9.17) is 0 Å². The minimum Gasteiger partial charge on any atom is -1.00 e. The molecule has 0 aliphatic carbocycles. The lowest BCUT2D eigenvalue weighted by molar-refractivity contribution is -0.687. The maximum Gasteiger partial charge on any atom is 0.250 e. The van der Waals surface area contributed by atoms with E-state index in [0.29, 0.717) is 0 Å². The van der Waals surface area contributed by atoms with Gasteiger partial charge in [0.15, 0.2) is 0 Å². The number of para-hydroxylation sites is 1. The summed E-state index contributed by atoms with van der Waals surface area (Å²) >= 11 is 0. The zero-order chi connectivity index (χ0) is 15.8. The van der Waals surface area contributed by atoms with Crippen molar-refractivity contribution in [1.29, 1.82) is 0 Å². The Labute approximate surface area is 152 Å². The van der Waals surface area contributed by atoms with E-state index < -0.39 is 0 Å². The van der Waals surface area contributed by atoms with Crippen molar-refractivity contribution in [3.63, 3.8) is 0 Å². The number of H-pyrrole nitrogens is 1. The second kappa shape index (κ2) is 6.65. The summed E-state index contributed by atoms with van der Waals surface area (Å²) in [6.07, 6.45) is 6.36. The van der Waals surface area contributed by atoms with Crippen LogP contribution in [0.15, 0.2) is 67.3 Å². The van der Waals surface area contributed by atoms with Gasteiger partial charge >= 0.3 is 0 Å². The van der Waals surface area contributed by atoms with Crippen LogP contribution < -0.4 is 21.5 Å². The summed E-state index contributed by atoms with van der Waals surface area (Å²) < 4.78 is 4.37. The van der Waals surface area contributed by atoms with Crippen LogP contribution in [0.2, 0.25) is 0 Å². The van der Waals surface area contributed by atoms with E-state index in [2.05, 4.69) is 95.2 Å². The van der Waals surface area contributed by atoms with Crippen molar-refractivity contribution in [3.05, 3.63) is 83.9 Å². The van der Waals surface area contributed by atoms with Crippen LogP contribution in [0.3, 0.4) is 0 Å². The molecule has 4 heteroatoms. The molecule has 0 aliphatic rings. The summed E-state index contributed by atoms with van der Waals surface area (Å²) in [5, 5.41) is 1.28. The molecule has 0 fully saturated rings. The normalized spacial score (nSPS) is 10.8. The standard InChI is InChI=1S/C20H20N3.BrH/c1-15-6-5-7-17(12-15)13-22-10-11-23(14-22)20-16(2)18-8-3-4-9-19(18)21-20;/h3-12,14,21H,13H2,1-2H3;1H/q+1;/p-1. The van der Waals surface area contributed by atoms with E-state index in [1.807, 2.05) is 0 Å². The Hall–Kier alpha value is -2.33. The summed E-state index contributed by atoms with van der Waals surface area (Å²) in [4.78, 5) is 3.52. The predicted octanol–water partition coefficient (Wildman–Crippen LogP) is 0.915. The van der Waals surface area contributed by atoms with Gasteiger partial charge in [-0.15, -0.1) is 0 Å². The van der Waals surface area contributed by atoms with Crippen LogP contribution in [0.4, 0.5) is 0 Å². The monoisotopic (exact) mass is 381 g/mol. The van der Waals surface area contributed by atoms with Gasteiger partial charge < -0.3 is 22.0 Å². The van der Waals surface area contributed by atoms with Gasteiger partial charge in [-0.3, -0.25) is 0 Å². The van der Waals surface area contributed by atoms with Crippen molar-refractivity contribution in [2.24, 2.45) is 0 Å². The van der Waals surface area contributed by atoms with Crippen LogP contribution in [-0.2, 0) is 6.54 Å². The average molecular weight is 382 g/mol. The minimum atomic E-state index is 0. The van der Waals surface area contributed by atoms with Gasteiger partial charge in [0.1, 0.15) is 18.9 Å². The summed E-state index contributed by atoms with van der Waals surface area (Å²) in [6, 6.07) is 17.1. The van der Waals surface area contributed by atoms with Crippen LogP contribution in [0.1, 0.15) is 16.7 Å². The Morgan fingerprint density at radius 2 is 1.88 bits per heavy atom. The fourth-order valence-electron chi connectivity index (χ4n) is 3.17. The first-order chi connectivity index (χ1) is 11.2. The van der Waals surface area contributed by atoms with Gasteiger partial charge in [-0.05, 0) is 25.5 Å². The largest absolute Gasteiger partial charge is 1.00 e. The number of aromatic amines is 1. The summed E-state index contributed by atoms with van der Waals surface area (Å²) in [7, 11) is 0. The lowest BCUT2D eigenvalue weighted by Crippen LogP contribution is -3.00. The van der Waals surface area contributed by atoms with Gasteiger partial charge in [-0.25, -0.2) is 4.57 Å². The number of nitrogens with zero attached hydrogens (tertiary/aromatic N) is 2. The number of benzene rings is 2. The summed E-state index contributed by atoms with van der Waals surface area (Å²) in [5.41, 5.74) is 5.08. The third-order valence-electron chi connectivity index (χ3n) is 4.34. The molecular formula is C20H20BrN3. The number of hydrogen-bond donors (Lipinski definition) is 1. The first-order valence-electron chi connectivity index (χ1n) is 7.91. The molecule has 3 nitrogen and oxygen atoms in total. The fourth-order valence-corrected chi connectivity index (χ4v) is 3.17. The third-order valence-corrected chi connectivity index (χ3v) is 4.34. The molecule has 0 saturated heterocycles. The first-order valence-corrected chi connectivity index (χ1v) is 7.91. The molecule has 1 N–H and O–H groups in total. The lowest BCUT2D eigenvalue weighted by Gasteiger charge is -1.99. The van der Waals surface area contributed by atoms with Crippen molar-refractivity contribution in [2.75, 3.05) is 0 Å². The molecule has 0 radical (unpaired) electrons. The van der Waals surface area contributed by atoms with E-state index >= 15 is 0 Å². The van der Waals surface area contributed by atoms with E-state index in [-0.39, 0.29) is 17.0 Å². The smallest absolute Gasteiger partial charge is 0.250 e. The zero-order valence-corrected chi connectivity index (χ0v) is 15.4. The molecule has 0 atom stereocenters. The Bertz CT molecular complexity index is 981. The molecule has 0 unspecified atom stereocenters. The van der Waals surface area contributed by atoms with Crippen molar-refractivity contribution >= 4 is 10.9 Å². The third kappa shape index (κ3) is 3.02. The molecule has 2 aromatic heterocycles. The molecule has 0 aliphatic heterocycles. The van der Waals surface area contributed by atoms with Gasteiger partial charge in [-0.1, -0.05) is 48.0 Å². The first kappa shape index (κ1) is 16.5. The highest BCUT2D eigenvalue weighted by molar-refractivity contribution is 5.86. The fraction of sp³-hybridized carbons (Fsp3) is 0.150. The molecule has 4 rings (SSSR count). The van der Waals surface area contributed by atoms with Crippen LogP contribution >= 0.6 is 0 Å². The van der Waals surface area contributed by atoms with Gasteiger partial charge in [0.05, 0.1) is 0 Å². The van der Waals surface area contributed by atoms with Crippen molar-refractivity contribution in [2.45, 2.75) is 20.4 Å². The molecule has 0 spiro atoms. The van der Waals surface area contributed by atoms with E-state index in [1.165, 1.54) is 27.6 Å². The number of rotatable bonds is 3. The minimum absolute atomic E-state index is 0. The average Bonchev–Trinajstić information content (AvgIpc) is 3.13. The van der Waals surface area contributed by atoms with Gasteiger partial charge in [0.2, 0.25) is 12.1 Å². The molecule has 0 bridgehead atoms. The maximum atomic E-state index is 3.52. The number of hydrogen-bond acceptors (Lipinski definition) is 0. The number of nitrogens with one attached hydrogen (secondary N) is 1. The second-order valence-electron chi connectivity index (χ2n) is 6.13. The Kier molecular flexibility index (Phi) is 4.58. The molecular weight excluding hydrogens is 362 g/mol. The molecule has 2 aromatic carbocycles. The molecule has 24 heavy (non-hydrogen) atoms. The number of imidazole rings is 1. The van der Waals surface area contributed by atoms with E-state index in [9.17, 15) is 0 Å². The Balaban J connectivity index is 0.00000169. The molecule has 2 heterocycles. The number of halogens is 1. The van der Waals surface area contributed by atoms with Crippen LogP contribution in [-0.4, -0.2) is 9.55 Å². The number of fused-ring (bicyclic) bond motifs is 1. The number of aryl methyl sites for hydroxylation is 2. The summed E-state index contributed by atoms with van der Waals surface area (Å²) in [5.74, 6) is 1.13. The quantitative estimate of drug-likeness (QED) is 0.510. The van der Waals surface area contributed by atoms with Gasteiger partial charge in [0.25, 0.3) is 0 Å². The maximum absolute atomic E-state index is 3.52. The highest BCUT2D eigenvalue weighted by Gasteiger charge is 2.14. The van der Waals surface area contributed by atoms with Gasteiger partial charge in [-0.2, -0.15) is 4.57 Å². The lowest BCUT2D eigenvalue weighted by atomic mass is 10.1. The van der Waals surface area contributed by atoms with Crippen LogP contribution in [0, 0.1) is 13.8 Å². The van der Waals surface area contributed by atoms with Crippen LogP contribution in [0.5, 0.6) is 0 Å². The van der Waals surface area contributed by atoms with Crippen LogP contribution in [0.25, 0.3) is 16.7 Å². The van der Waals surface area contributed by atoms with E-state index in [1.54, 1.807) is 0 Å². The number of aromatic nitrogens is 3. The second-order valence-corrected chi connectivity index (χ2v) is 6.13. The van der Waals surface area contributed by atoms with Gasteiger partial charge in [0, 0.05) is 16.5 Å². The molecule has 0 amide bonds. The SMILES string of the molecule is Cc1cccc(C[n+]2ccn(-c3[nH]c4ccccc4c3C)c2)c1.[Br-]. The van der Waals surface area contributed by atoms with E-state index in [0.717, 1.165) is 12.4 Å². The Morgan fingerprint density at radius 3 is 2.67 bits per heavy atom.